The number of esters is 2. The van der Waals surface area contributed by atoms with Crippen LogP contribution in [-0.4, -0.2) is 64.6 Å². The van der Waals surface area contributed by atoms with Crippen LogP contribution in [0.1, 0.15) is 125 Å². The molecule has 4 aliphatic carbocycles. The van der Waals surface area contributed by atoms with E-state index in [0.29, 0.717) is 36.6 Å². The van der Waals surface area contributed by atoms with E-state index in [-0.39, 0.29) is 55.1 Å². The molecule has 0 radical (unpaired) electrons. The summed E-state index contributed by atoms with van der Waals surface area (Å²) in [5.41, 5.74) is 6.04. The topological polar surface area (TPSA) is 173 Å². The maximum atomic E-state index is 13.0. The molecule has 3 saturated carbocycles. The molecule has 0 aliphatic heterocycles. The van der Waals surface area contributed by atoms with Gasteiger partial charge in [-0.3, -0.25) is 19.2 Å². The zero-order valence-electron chi connectivity index (χ0n) is 29.4. The lowest BCUT2D eigenvalue weighted by Crippen LogP contribution is -2.55. The summed E-state index contributed by atoms with van der Waals surface area (Å²) in [6.07, 6.45) is 11.1. The molecule has 5 N–H and O–H groups in total. The molecule has 0 amide bonds. The predicted molar refractivity (Wildman–Crippen MR) is 178 cm³/mol. The van der Waals surface area contributed by atoms with Crippen molar-refractivity contribution in [3.05, 3.63) is 11.6 Å². The minimum Gasteiger partial charge on any atom is -0.481 e. The number of rotatable bonds is 14. The first-order valence-electron chi connectivity index (χ1n) is 18.0. The first-order valence-corrected chi connectivity index (χ1v) is 18.0. The summed E-state index contributed by atoms with van der Waals surface area (Å²) in [4.78, 5) is 47.4. The second kappa shape index (κ2) is 17.3. The summed E-state index contributed by atoms with van der Waals surface area (Å²) in [7, 11) is 0. The lowest BCUT2D eigenvalue weighted by Gasteiger charge is -2.59. The molecule has 3 fully saturated rings. The molecule has 0 heterocycles. The molecule has 4 aliphatic rings. The number of carboxylic acids is 2. The van der Waals surface area contributed by atoms with Crippen molar-refractivity contribution in [1.82, 2.24) is 0 Å². The van der Waals surface area contributed by atoms with Gasteiger partial charge in [0.05, 0.1) is 32.3 Å². The van der Waals surface area contributed by atoms with E-state index in [1.165, 1.54) is 25.7 Å². The van der Waals surface area contributed by atoms with Crippen molar-refractivity contribution in [2.24, 2.45) is 52.1 Å². The number of aliphatic carboxylic acids is 2. The third-order valence-corrected chi connectivity index (χ3v) is 12.0. The van der Waals surface area contributed by atoms with Crippen molar-refractivity contribution < 1.29 is 44.0 Å². The van der Waals surface area contributed by atoms with Gasteiger partial charge in [0.15, 0.2) is 0 Å². The normalized spacial score (nSPS) is 33.2. The Hall–Kier alpha value is -2.46. The summed E-state index contributed by atoms with van der Waals surface area (Å²) in [6, 6.07) is 0. The smallest absolute Gasteiger partial charge is 0.306 e. The van der Waals surface area contributed by atoms with E-state index in [2.05, 4.69) is 40.7 Å². The molecule has 0 aromatic rings. The van der Waals surface area contributed by atoms with E-state index in [9.17, 15) is 19.2 Å². The molecule has 10 nitrogen and oxygen atoms in total. The Kier molecular flexibility index (Phi) is 14.3. The van der Waals surface area contributed by atoms with Crippen molar-refractivity contribution in [2.45, 2.75) is 137 Å². The third kappa shape index (κ3) is 9.80. The Morgan fingerprint density at radius 1 is 0.872 bits per heavy atom. The van der Waals surface area contributed by atoms with Crippen LogP contribution in [0.25, 0.3) is 0 Å². The minimum absolute atomic E-state index is 0.0824. The summed E-state index contributed by atoms with van der Waals surface area (Å²) >= 11 is 0. The van der Waals surface area contributed by atoms with E-state index in [1.54, 1.807) is 0 Å². The molecule has 0 aromatic carbocycles. The van der Waals surface area contributed by atoms with Gasteiger partial charge in [0.25, 0.3) is 0 Å². The summed E-state index contributed by atoms with van der Waals surface area (Å²) in [6.45, 7) is 12.3. The van der Waals surface area contributed by atoms with Crippen LogP contribution >= 0.6 is 0 Å². The number of aliphatic hydroxyl groups excluding tert-OH is 1. The van der Waals surface area contributed by atoms with Crippen LogP contribution in [0.2, 0.25) is 0 Å². The summed E-state index contributed by atoms with van der Waals surface area (Å²) < 4.78 is 11.9. The quantitative estimate of drug-likeness (QED) is 0.125. The van der Waals surface area contributed by atoms with E-state index in [1.807, 2.05) is 0 Å². The lowest BCUT2D eigenvalue weighted by atomic mass is 9.46. The Balaban J connectivity index is 0.00000142. The predicted octanol–water partition coefficient (Wildman–Crippen LogP) is 6.13. The highest BCUT2D eigenvalue weighted by Crippen LogP contribution is 2.67. The van der Waals surface area contributed by atoms with Gasteiger partial charge in [-0.1, -0.05) is 59.5 Å². The second-order valence-electron chi connectivity index (χ2n) is 15.5. The highest BCUT2D eigenvalue weighted by Gasteiger charge is 2.62. The van der Waals surface area contributed by atoms with Gasteiger partial charge in [0, 0.05) is 18.9 Å². The standard InChI is InChI=1S/C35H54O8.C2H7NO/c1-21(2)7-6-8-22(3)25-9-10-26-33-27(16-18-35(25,26)5)34(4)17-15-24(42-31(40)13-11-29(36)37)19-23(34)20-28(33)43-32(41)14-12-30(38)39;3-1-2-4/h20-22,24-28,33H,6-19H2,1-5H3,(H,36,37)(H,38,39);4H,1-3H2/t22-,24+,25-,26?,27?,28?,33?,34+,35-;/m1./s1. The Labute approximate surface area is 281 Å². The summed E-state index contributed by atoms with van der Waals surface area (Å²) in [5, 5.41) is 25.8. The fraction of sp³-hybridized carbons (Fsp3) is 0.838. The number of hydrogen-bond acceptors (Lipinski definition) is 8. The molecule has 4 rings (SSSR count). The van der Waals surface area contributed by atoms with Crippen molar-refractivity contribution in [1.29, 1.82) is 0 Å². The minimum atomic E-state index is -1.02. The lowest BCUT2D eigenvalue weighted by molar-refractivity contribution is -0.164. The zero-order chi connectivity index (χ0) is 34.9. The molecule has 4 unspecified atom stereocenters. The van der Waals surface area contributed by atoms with Crippen LogP contribution in [0.4, 0.5) is 0 Å². The average Bonchev–Trinajstić information content (AvgIpc) is 3.36. The van der Waals surface area contributed by atoms with Gasteiger partial charge < -0.3 is 30.5 Å². The van der Waals surface area contributed by atoms with E-state index in [0.717, 1.165) is 43.6 Å². The molecular formula is C37H61NO9. The third-order valence-electron chi connectivity index (χ3n) is 12.0. The Morgan fingerprint density at radius 3 is 2.06 bits per heavy atom. The number of carbonyl (C=O) groups is 4. The summed E-state index contributed by atoms with van der Waals surface area (Å²) in [5.74, 6) is -0.0277. The van der Waals surface area contributed by atoms with E-state index < -0.39 is 30.0 Å². The molecule has 9 atom stereocenters. The SMILES string of the molecule is CC(C)CCC[C@@H](C)[C@H]1CCC2C3C(OC(=O)CCC(=O)O)C=C4C[C@@H](OC(=O)CCC(=O)O)CC[C@]4(C)C3CC[C@@]21C.NCCO. The fourth-order valence-corrected chi connectivity index (χ4v) is 9.70. The number of fused-ring (bicyclic) bond motifs is 5. The highest BCUT2D eigenvalue weighted by molar-refractivity contribution is 5.77. The van der Waals surface area contributed by atoms with Gasteiger partial charge >= 0.3 is 23.9 Å². The van der Waals surface area contributed by atoms with Crippen LogP contribution in [0, 0.1) is 46.3 Å². The second-order valence-corrected chi connectivity index (χ2v) is 15.5. The first kappa shape index (κ1) is 39.0. The fourth-order valence-electron chi connectivity index (χ4n) is 9.70. The number of ether oxygens (including phenoxy) is 2. The van der Waals surface area contributed by atoms with Crippen LogP contribution in [0.5, 0.6) is 0 Å². The number of nitrogens with two attached hydrogens (primary N) is 1. The van der Waals surface area contributed by atoms with Crippen LogP contribution in [0.3, 0.4) is 0 Å². The molecule has 268 valence electrons. The average molecular weight is 664 g/mol. The number of carboxylic acid groups (broad SMARTS) is 2. The van der Waals surface area contributed by atoms with Crippen molar-refractivity contribution in [3.8, 4) is 0 Å². The highest BCUT2D eigenvalue weighted by atomic mass is 16.5. The molecule has 0 bridgehead atoms. The molecule has 47 heavy (non-hydrogen) atoms. The van der Waals surface area contributed by atoms with E-state index in [4.69, 9.17) is 30.5 Å². The maximum Gasteiger partial charge on any atom is 0.306 e. The van der Waals surface area contributed by atoms with Gasteiger partial charge in [-0.2, -0.15) is 0 Å². The molecule has 10 heteroatoms. The zero-order valence-corrected chi connectivity index (χ0v) is 29.4. The van der Waals surface area contributed by atoms with Crippen molar-refractivity contribution in [3.63, 3.8) is 0 Å². The largest absolute Gasteiger partial charge is 0.481 e. The number of hydrogen-bond donors (Lipinski definition) is 4. The van der Waals surface area contributed by atoms with Gasteiger partial charge in [-0.15, -0.1) is 0 Å². The van der Waals surface area contributed by atoms with Crippen LogP contribution in [0.15, 0.2) is 11.6 Å². The van der Waals surface area contributed by atoms with Crippen LogP contribution in [-0.2, 0) is 28.7 Å². The van der Waals surface area contributed by atoms with Gasteiger partial charge in [-0.05, 0) is 85.0 Å². The van der Waals surface area contributed by atoms with E-state index >= 15 is 0 Å². The Bertz CT molecular complexity index is 1120. The first-order chi connectivity index (χ1) is 22.2. The molecule has 0 aromatic heterocycles. The van der Waals surface area contributed by atoms with Gasteiger partial charge in [-0.25, -0.2) is 0 Å². The Morgan fingerprint density at radius 2 is 1.49 bits per heavy atom. The van der Waals surface area contributed by atoms with Crippen molar-refractivity contribution in [2.75, 3.05) is 13.2 Å². The molecule has 0 saturated heterocycles. The van der Waals surface area contributed by atoms with Crippen LogP contribution < -0.4 is 5.73 Å². The van der Waals surface area contributed by atoms with Gasteiger partial charge in [0.1, 0.15) is 12.2 Å². The van der Waals surface area contributed by atoms with Gasteiger partial charge in [0.2, 0.25) is 0 Å². The molecular weight excluding hydrogens is 602 g/mol. The van der Waals surface area contributed by atoms with Crippen molar-refractivity contribution >= 4 is 23.9 Å². The monoisotopic (exact) mass is 663 g/mol. The molecule has 0 spiro atoms. The maximum absolute atomic E-state index is 13.0. The number of carbonyl (C=O) groups excluding carboxylic acids is 2. The number of aliphatic hydroxyl groups is 1.